The van der Waals surface area contributed by atoms with E-state index in [0.29, 0.717) is 12.8 Å². The number of phosphoric ester groups is 1. The number of carbonyl (C=O) groups excluding carboxylic acids is 2. The molecule has 0 aromatic rings. The van der Waals surface area contributed by atoms with Crippen LogP contribution in [0, 0.1) is 0 Å². The molecule has 3 atom stereocenters. The first-order valence-electron chi connectivity index (χ1n) is 22.7. The lowest BCUT2D eigenvalue weighted by atomic mass is 10.1. The third-order valence-corrected chi connectivity index (χ3v) is 10.5. The molecule has 58 heavy (non-hydrogen) atoms. The van der Waals surface area contributed by atoms with Crippen LogP contribution in [0.3, 0.4) is 0 Å². The molecule has 12 heteroatoms. The summed E-state index contributed by atoms with van der Waals surface area (Å²) in [4.78, 5) is 46.0. The number of carboxylic acids is 1. The number of hydrogen-bond acceptors (Lipinski definition) is 9. The minimum Gasteiger partial charge on any atom is -0.480 e. The van der Waals surface area contributed by atoms with E-state index in [9.17, 15) is 23.8 Å². The van der Waals surface area contributed by atoms with Gasteiger partial charge in [-0.1, -0.05) is 152 Å². The van der Waals surface area contributed by atoms with Gasteiger partial charge in [0, 0.05) is 12.8 Å². The van der Waals surface area contributed by atoms with Gasteiger partial charge in [0.05, 0.1) is 13.2 Å². The number of ether oxygens (including phenoxy) is 2. The fourth-order valence-electron chi connectivity index (χ4n) is 5.95. The summed E-state index contributed by atoms with van der Waals surface area (Å²) in [6.45, 7) is 2.75. The van der Waals surface area contributed by atoms with Crippen LogP contribution in [0.15, 0.2) is 48.6 Å². The van der Waals surface area contributed by atoms with Gasteiger partial charge in [0.1, 0.15) is 12.6 Å². The molecule has 0 saturated heterocycles. The Labute approximate surface area is 352 Å². The maximum Gasteiger partial charge on any atom is 0.472 e. The third kappa shape index (κ3) is 40.2. The first kappa shape index (κ1) is 55.4. The average molecular weight is 840 g/mol. The number of esters is 2. The van der Waals surface area contributed by atoms with E-state index >= 15 is 0 Å². The number of aliphatic carboxylic acids is 1. The van der Waals surface area contributed by atoms with Crippen LogP contribution < -0.4 is 5.73 Å². The van der Waals surface area contributed by atoms with E-state index in [1.165, 1.54) is 70.6 Å². The van der Waals surface area contributed by atoms with Gasteiger partial charge >= 0.3 is 25.7 Å². The van der Waals surface area contributed by atoms with Crippen molar-refractivity contribution in [3.8, 4) is 0 Å². The number of unbranched alkanes of at least 4 members (excludes halogenated alkanes) is 20. The van der Waals surface area contributed by atoms with Gasteiger partial charge in [-0.15, -0.1) is 0 Å². The average Bonchev–Trinajstić information content (AvgIpc) is 3.20. The Hall–Kier alpha value is -2.56. The molecule has 0 rings (SSSR count). The summed E-state index contributed by atoms with van der Waals surface area (Å²) >= 11 is 0. The van der Waals surface area contributed by atoms with Crippen molar-refractivity contribution in [2.45, 2.75) is 206 Å². The van der Waals surface area contributed by atoms with Crippen LogP contribution in [0.2, 0.25) is 0 Å². The van der Waals surface area contributed by atoms with Crippen LogP contribution in [0.25, 0.3) is 0 Å². The third-order valence-electron chi connectivity index (χ3n) is 9.55. The normalized spacial score (nSPS) is 14.1. The molecule has 0 heterocycles. The molecular weight excluding hydrogens is 757 g/mol. The van der Waals surface area contributed by atoms with Crippen molar-refractivity contribution < 1.29 is 47.5 Å². The topological polar surface area (TPSA) is 172 Å². The zero-order valence-corrected chi connectivity index (χ0v) is 37.3. The molecule has 0 aliphatic carbocycles. The Morgan fingerprint density at radius 3 is 1.34 bits per heavy atom. The molecule has 336 valence electrons. The summed E-state index contributed by atoms with van der Waals surface area (Å²) in [5, 5.41) is 8.89. The molecule has 0 bridgehead atoms. The lowest BCUT2D eigenvalue weighted by molar-refractivity contribution is -0.161. The second-order valence-corrected chi connectivity index (χ2v) is 16.6. The van der Waals surface area contributed by atoms with Crippen LogP contribution in [0.1, 0.15) is 194 Å². The predicted octanol–water partition coefficient (Wildman–Crippen LogP) is 12.2. The highest BCUT2D eigenvalue weighted by Crippen LogP contribution is 2.43. The monoisotopic (exact) mass is 840 g/mol. The molecule has 4 N–H and O–H groups in total. The molecule has 0 spiro atoms. The molecule has 0 radical (unpaired) electrons. The second-order valence-electron chi connectivity index (χ2n) is 15.2. The maximum atomic E-state index is 12.6. The number of nitrogens with two attached hydrogens (primary N) is 1. The molecule has 0 aromatic carbocycles. The van der Waals surface area contributed by atoms with Gasteiger partial charge in [-0.25, -0.2) is 4.57 Å². The summed E-state index contributed by atoms with van der Waals surface area (Å²) in [6.07, 6.45) is 45.9. The molecule has 0 aliphatic rings. The van der Waals surface area contributed by atoms with E-state index in [1.54, 1.807) is 0 Å². The van der Waals surface area contributed by atoms with E-state index in [-0.39, 0.29) is 19.4 Å². The molecule has 3 unspecified atom stereocenters. The smallest absolute Gasteiger partial charge is 0.472 e. The summed E-state index contributed by atoms with van der Waals surface area (Å²) in [5.74, 6) is -2.41. The Balaban J connectivity index is 4.38. The SMILES string of the molecule is CCCCCC/C=C\C/C=C\CCCCCCCCCC(=O)OC(COC(=O)CCCCCCC/C=C\C/C=C\CCCCCC)COP(=O)(O)OCC(N)C(=O)O. The fourth-order valence-corrected chi connectivity index (χ4v) is 6.73. The summed E-state index contributed by atoms with van der Waals surface area (Å²) in [6, 6.07) is -1.53. The standard InChI is InChI=1S/C46H82NO10P/c1-3-5-7-9-11-13-15-17-19-21-22-24-26-28-30-32-34-36-38-45(49)57-42(40-55-58(52,53)56-41-43(47)46(50)51)39-54-44(48)37-35-33-31-29-27-25-23-20-18-16-14-12-10-8-6-4-2/h13-16,19-21,23,42-43H,3-12,17-18,22,24-41,47H2,1-2H3,(H,50,51)(H,52,53)/b15-13-,16-14-,21-19-,23-20-. The second kappa shape index (κ2) is 41.2. The number of carbonyl (C=O) groups is 3. The molecule has 11 nitrogen and oxygen atoms in total. The van der Waals surface area contributed by atoms with E-state index in [4.69, 9.17) is 24.8 Å². The highest BCUT2D eigenvalue weighted by molar-refractivity contribution is 7.47. The highest BCUT2D eigenvalue weighted by atomic mass is 31.2. The van der Waals surface area contributed by atoms with Gasteiger partial charge < -0.3 is 25.2 Å². The van der Waals surface area contributed by atoms with E-state index in [2.05, 4.69) is 67.0 Å². The largest absolute Gasteiger partial charge is 0.480 e. The Morgan fingerprint density at radius 1 is 0.534 bits per heavy atom. The minimum absolute atomic E-state index is 0.148. The molecule has 0 saturated carbocycles. The lowest BCUT2D eigenvalue weighted by Crippen LogP contribution is -2.34. The van der Waals surface area contributed by atoms with E-state index in [1.807, 2.05) is 0 Å². The molecule has 0 amide bonds. The first-order valence-corrected chi connectivity index (χ1v) is 24.2. The molecule has 0 aliphatic heterocycles. The molecule has 0 fully saturated rings. The molecular formula is C46H82NO10P. The maximum absolute atomic E-state index is 12.6. The van der Waals surface area contributed by atoms with Gasteiger partial charge in [0.2, 0.25) is 0 Å². The fraction of sp³-hybridized carbons (Fsp3) is 0.761. The summed E-state index contributed by atoms with van der Waals surface area (Å²) < 4.78 is 32.7. The Morgan fingerprint density at radius 2 is 0.914 bits per heavy atom. The van der Waals surface area contributed by atoms with Gasteiger partial charge in [0.25, 0.3) is 0 Å². The van der Waals surface area contributed by atoms with Crippen LogP contribution in [0.4, 0.5) is 0 Å². The zero-order chi connectivity index (χ0) is 42.8. The van der Waals surface area contributed by atoms with Gasteiger partial charge in [-0.05, 0) is 77.0 Å². The van der Waals surface area contributed by atoms with Crippen molar-refractivity contribution in [3.63, 3.8) is 0 Å². The van der Waals surface area contributed by atoms with Gasteiger partial charge in [-0.2, -0.15) is 0 Å². The summed E-state index contributed by atoms with van der Waals surface area (Å²) in [7, 11) is -4.72. The minimum atomic E-state index is -4.72. The van der Waals surface area contributed by atoms with Crippen molar-refractivity contribution in [1.29, 1.82) is 0 Å². The van der Waals surface area contributed by atoms with Gasteiger partial charge in [-0.3, -0.25) is 23.4 Å². The Bertz CT molecular complexity index is 1170. The van der Waals surface area contributed by atoms with Crippen LogP contribution >= 0.6 is 7.82 Å². The van der Waals surface area contributed by atoms with Crippen LogP contribution in [-0.4, -0.2) is 59.9 Å². The van der Waals surface area contributed by atoms with Crippen molar-refractivity contribution >= 4 is 25.7 Å². The van der Waals surface area contributed by atoms with Crippen LogP contribution in [0.5, 0.6) is 0 Å². The number of hydrogen-bond donors (Lipinski definition) is 3. The zero-order valence-electron chi connectivity index (χ0n) is 36.4. The van der Waals surface area contributed by atoms with Crippen LogP contribution in [-0.2, 0) is 37.5 Å². The number of allylic oxidation sites excluding steroid dienone is 8. The van der Waals surface area contributed by atoms with E-state index in [0.717, 1.165) is 83.5 Å². The quantitative estimate of drug-likeness (QED) is 0.0231. The highest BCUT2D eigenvalue weighted by Gasteiger charge is 2.28. The van der Waals surface area contributed by atoms with Crippen molar-refractivity contribution in [2.24, 2.45) is 5.73 Å². The predicted molar refractivity (Wildman–Crippen MR) is 235 cm³/mol. The summed E-state index contributed by atoms with van der Waals surface area (Å²) in [5.41, 5.74) is 5.34. The van der Waals surface area contributed by atoms with Crippen molar-refractivity contribution in [3.05, 3.63) is 48.6 Å². The lowest BCUT2D eigenvalue weighted by Gasteiger charge is -2.20. The van der Waals surface area contributed by atoms with Crippen molar-refractivity contribution in [1.82, 2.24) is 0 Å². The molecule has 0 aromatic heterocycles. The number of rotatable bonds is 42. The first-order chi connectivity index (χ1) is 28.1. The Kier molecular flexibility index (Phi) is 39.4. The van der Waals surface area contributed by atoms with E-state index < -0.39 is 51.1 Å². The van der Waals surface area contributed by atoms with Gasteiger partial charge in [0.15, 0.2) is 6.10 Å². The van der Waals surface area contributed by atoms with Crippen molar-refractivity contribution in [2.75, 3.05) is 19.8 Å². The number of carboxylic acid groups (broad SMARTS) is 1. The number of phosphoric acid groups is 1.